The van der Waals surface area contributed by atoms with Crippen LogP contribution in [0, 0.1) is 5.92 Å². The maximum atomic E-state index is 6.31. The van der Waals surface area contributed by atoms with Gasteiger partial charge in [-0.15, -0.1) is 0 Å². The molecule has 2 rings (SSSR count). The second-order valence-electron chi connectivity index (χ2n) is 11.5. The molecule has 0 heterocycles. The Hall–Kier alpha value is 1.55. The van der Waals surface area contributed by atoms with Crippen LogP contribution in [0.3, 0.4) is 0 Å². The Morgan fingerprint density at radius 1 is 0.818 bits per heavy atom. The highest BCUT2D eigenvalue weighted by molar-refractivity contribution is 8.77. The standard InChI is InChI=1S/C16H32N4S4.C8H16N2O2S2.C8H18N2S2.BH3P.BH2P.H2O.H2/c1-13-3-4-14(13)22-12-8-20-16(18)6-10-24-23-9-5-15(17)19-7-11-21-2;1-11-7(9)3-5-13-14-6-4-8(10)12-2;9-3-5-11-7-1-2-8(7)12-6-4-10;2*1-2;;/h13-14H,3-12H2,1-2H3,(H2,17,19)(H2,18,20);9-10H,3-6H2,1-2H3;7-8H,1-6,9-10H2;1H,2H2;2H2;1H2;1H/p+4/i;;;1D,2TD;;;1+2D. The van der Waals surface area contributed by atoms with Crippen LogP contribution >= 0.6 is 108 Å². The second kappa shape index (κ2) is 49.9. The third-order valence-electron chi connectivity index (χ3n) is 7.50. The Balaban J connectivity index is -0.000000240. The van der Waals surface area contributed by atoms with Gasteiger partial charge in [0.1, 0.15) is 7.53 Å². The number of methoxy groups -OCH3 is 2. The largest absolute Gasteiger partial charge is 0.451 e. The Labute approximate surface area is 382 Å². The van der Waals surface area contributed by atoms with E-state index >= 15 is 0 Å². The van der Waals surface area contributed by atoms with E-state index in [2.05, 4.69) is 42.5 Å². The summed E-state index contributed by atoms with van der Waals surface area (Å²) in [7, 11) is 16.0. The van der Waals surface area contributed by atoms with Crippen molar-refractivity contribution in [3.05, 3.63) is 0 Å². The molecule has 16 N–H and O–H groups in total. The average molecular weight is 971 g/mol. The summed E-state index contributed by atoms with van der Waals surface area (Å²) < 4.78 is 38.5. The summed E-state index contributed by atoms with van der Waals surface area (Å²) in [4.78, 5) is 6.61. The van der Waals surface area contributed by atoms with Crippen molar-refractivity contribution in [2.45, 2.75) is 74.0 Å². The van der Waals surface area contributed by atoms with Crippen LogP contribution in [0.2, 0.25) is 0 Å². The summed E-state index contributed by atoms with van der Waals surface area (Å²) >= 11 is 8.00. The van der Waals surface area contributed by atoms with Gasteiger partial charge in [0.15, 0.2) is 0 Å². The Morgan fingerprint density at radius 3 is 1.51 bits per heavy atom. The van der Waals surface area contributed by atoms with E-state index in [-0.39, 0.29) is 5.48 Å². The molecule has 325 valence electrons. The lowest BCUT2D eigenvalue weighted by Crippen LogP contribution is -2.76. The summed E-state index contributed by atoms with van der Waals surface area (Å²) in [6.07, 6.45) is 11.1. The van der Waals surface area contributed by atoms with Gasteiger partial charge in [0.2, 0.25) is 11.7 Å². The molecule has 2 aliphatic carbocycles. The molecule has 2 fully saturated rings. The lowest BCUT2D eigenvalue weighted by molar-refractivity contribution is -0.453. The van der Waals surface area contributed by atoms with Crippen molar-refractivity contribution in [2.75, 3.05) is 92.7 Å². The Morgan fingerprint density at radius 2 is 1.20 bits per heavy atom. The van der Waals surface area contributed by atoms with Gasteiger partial charge >= 0.3 is 11.8 Å². The average Bonchev–Trinajstić information content (AvgIpc) is 3.24. The number of nitrogens with one attached hydrogen (secondary N) is 2. The number of rotatable bonds is 28. The highest BCUT2D eigenvalue weighted by Gasteiger charge is 2.30. The topological polar surface area (TPSA) is 233 Å². The van der Waals surface area contributed by atoms with E-state index in [1.165, 1.54) is 25.7 Å². The quantitative estimate of drug-likeness (QED) is 0.0113. The van der Waals surface area contributed by atoms with Gasteiger partial charge in [0, 0.05) is 80.4 Å². The first-order chi connectivity index (χ1) is 28.5. The first-order valence-electron chi connectivity index (χ1n) is 20.5. The lowest BCUT2D eigenvalue weighted by atomic mass is 9.87. The number of hydrogen-bond donors (Lipinski definition) is 8. The Kier molecular flexibility index (Phi) is 49.5. The van der Waals surface area contributed by atoms with E-state index in [0.717, 1.165) is 139 Å². The van der Waals surface area contributed by atoms with Gasteiger partial charge < -0.3 is 26.4 Å². The fourth-order valence-electron chi connectivity index (χ4n) is 4.08. The lowest BCUT2D eigenvalue weighted by Gasteiger charge is -2.35. The molecule has 0 spiro atoms. The molecule has 0 aromatic rings. The van der Waals surface area contributed by atoms with Crippen LogP contribution in [0.15, 0.2) is 0 Å². The van der Waals surface area contributed by atoms with E-state index in [1.54, 1.807) is 35.8 Å². The van der Waals surface area contributed by atoms with Crippen molar-refractivity contribution in [3.63, 3.8) is 0 Å². The molecule has 55 heavy (non-hydrogen) atoms. The molecule has 0 amide bonds. The van der Waals surface area contributed by atoms with Gasteiger partial charge in [-0.25, -0.2) is 10.8 Å². The summed E-state index contributed by atoms with van der Waals surface area (Å²) in [6, 6.07) is 0. The third-order valence-corrected chi connectivity index (χ3v) is 17.6. The second-order valence-corrected chi connectivity index (χ2v) is 21.9. The SMILES string of the molecule is COC(=[NH2+])CCSSCCC(=[NH2+])OC.CSCC[NH+]=C(N)CCSSCCC(N)=[NH+]CCSC1CCC1C.NCCSC1CCC1SCCN.O.[2H][3H].[2H][B]P([2H])[3H].[B]P. The smallest absolute Gasteiger partial charge is 0.333 e. The fourth-order valence-corrected chi connectivity index (χ4v) is 12.4. The third kappa shape index (κ3) is 42.0. The fraction of sp³-hybridized carbons (Fsp3) is 0.875. The van der Waals surface area contributed by atoms with E-state index in [0.29, 0.717) is 11.8 Å². The highest BCUT2D eigenvalue weighted by Crippen LogP contribution is 2.39. The van der Waals surface area contributed by atoms with Gasteiger partial charge in [-0.2, -0.15) is 65.2 Å². The van der Waals surface area contributed by atoms with Gasteiger partial charge in [-0.3, -0.25) is 21.5 Å². The molecule has 2 saturated carbocycles. The van der Waals surface area contributed by atoms with Crippen LogP contribution in [0.1, 0.15) is 61.3 Å². The summed E-state index contributed by atoms with van der Waals surface area (Å²) in [5.41, 5.74) is 22.9. The first kappa shape index (κ1) is 54.6. The zero-order chi connectivity index (χ0) is 45.5. The first-order valence-corrected chi connectivity index (χ1v) is 28.7. The maximum absolute atomic E-state index is 6.31. The van der Waals surface area contributed by atoms with E-state index in [9.17, 15) is 0 Å². The predicted octanol–water partition coefficient (Wildman–Crippen LogP) is -1.38. The molecule has 0 aliphatic heterocycles. The highest BCUT2D eigenvalue weighted by atomic mass is 33.1. The summed E-state index contributed by atoms with van der Waals surface area (Å²) in [5, 5.41) is 13.6. The van der Waals surface area contributed by atoms with Gasteiger partial charge in [0.25, 0.3) is 0 Å². The molecule has 23 heteroatoms. The minimum atomic E-state index is -1.56. The van der Waals surface area contributed by atoms with Crippen LogP contribution in [0.4, 0.5) is 0 Å². The molecule has 0 aromatic carbocycles. The number of nitrogens with two attached hydrogens (primary N) is 6. The normalized spacial score (nSPS) is 19.7. The summed E-state index contributed by atoms with van der Waals surface area (Å²) in [6.45, 7) is 5.94. The number of hydrogen-bond acceptors (Lipinski definition) is 12. The Bertz CT molecular complexity index is 989. The predicted molar refractivity (Wildman–Crippen MR) is 277 cm³/mol. The molecule has 0 saturated heterocycles. The number of ether oxygens (including phenoxy) is 2. The zero-order valence-corrected chi connectivity index (χ0v) is 42.3. The van der Waals surface area contributed by atoms with Gasteiger partial charge in [0.05, 0.1) is 60.6 Å². The van der Waals surface area contributed by atoms with Crippen LogP contribution in [0.5, 0.6) is 0 Å². The zero-order valence-electron chi connectivity index (χ0n) is 38.7. The van der Waals surface area contributed by atoms with Crippen LogP contribution < -0.4 is 43.7 Å². The molecule has 3 radical (unpaired) electrons. The molecule has 0 aromatic heterocycles. The monoisotopic (exact) mass is 970 g/mol. The number of thioether (sulfide) groups is 4. The van der Waals surface area contributed by atoms with Crippen molar-refractivity contribution < 1.29 is 38.7 Å². The minimum absolute atomic E-state index is 0. The molecular weight excluding hydrogens is 885 g/mol. The van der Waals surface area contributed by atoms with E-state index < -0.39 is 9.01 Å². The van der Waals surface area contributed by atoms with Crippen molar-refractivity contribution in [3.8, 4) is 0 Å². The molecule has 6 unspecified atom stereocenters. The number of amidine groups is 2. The molecule has 2 aliphatic rings. The molecule has 6 atom stereocenters. The van der Waals surface area contributed by atoms with Gasteiger partial charge in [-0.1, -0.05) is 50.1 Å². The molecule has 0 bridgehead atoms. The van der Waals surface area contributed by atoms with Crippen molar-refractivity contribution in [2.24, 2.45) is 28.9 Å². The van der Waals surface area contributed by atoms with E-state index in [1.807, 2.05) is 66.0 Å². The van der Waals surface area contributed by atoms with Gasteiger partial charge in [-0.05, 0) is 39.2 Å². The van der Waals surface area contributed by atoms with Crippen LogP contribution in [-0.4, -0.2) is 156 Å². The van der Waals surface area contributed by atoms with Crippen LogP contribution in [-0.2, 0) is 9.47 Å². The van der Waals surface area contributed by atoms with Crippen molar-refractivity contribution in [1.82, 2.24) is 0 Å². The molecular formula is C32H79B2N8O3P2S8+4. The van der Waals surface area contributed by atoms with Crippen LogP contribution in [0.25, 0.3) is 0 Å². The molecule has 11 nitrogen and oxygen atoms in total. The minimum Gasteiger partial charge on any atom is -0.451 e. The summed E-state index contributed by atoms with van der Waals surface area (Å²) in [5.74, 6) is 12.4. The van der Waals surface area contributed by atoms with Crippen molar-refractivity contribution >= 4 is 147 Å². The van der Waals surface area contributed by atoms with E-state index in [4.69, 9.17) is 50.1 Å². The van der Waals surface area contributed by atoms with Crippen molar-refractivity contribution in [1.29, 1.82) is 3.89 Å². The maximum Gasteiger partial charge on any atom is 0.333 e.